The summed E-state index contributed by atoms with van der Waals surface area (Å²) in [6.45, 7) is 4.40. The first-order valence-corrected chi connectivity index (χ1v) is 9.48. The third kappa shape index (κ3) is 4.94. The zero-order valence-electron chi connectivity index (χ0n) is 16.0. The van der Waals surface area contributed by atoms with E-state index in [2.05, 4.69) is 15.0 Å². The average Bonchev–Trinajstić information content (AvgIpc) is 2.72. The van der Waals surface area contributed by atoms with Gasteiger partial charge in [-0.05, 0) is 55.9 Å². The van der Waals surface area contributed by atoms with Gasteiger partial charge in [-0.3, -0.25) is 14.3 Å². The summed E-state index contributed by atoms with van der Waals surface area (Å²) in [4.78, 5) is 35.1. The number of nitrogens with one attached hydrogen (secondary N) is 1. The first kappa shape index (κ1) is 20.4. The predicted octanol–water partition coefficient (Wildman–Crippen LogP) is 2.85. The van der Waals surface area contributed by atoms with Gasteiger partial charge in [-0.15, -0.1) is 0 Å². The van der Waals surface area contributed by atoms with Crippen molar-refractivity contribution in [3.63, 3.8) is 0 Å². The molecule has 3 aromatic rings. The van der Waals surface area contributed by atoms with Gasteiger partial charge in [0.2, 0.25) is 0 Å². The van der Waals surface area contributed by atoms with E-state index in [0.29, 0.717) is 42.5 Å². The highest BCUT2D eigenvalue weighted by Gasteiger charge is 2.09. The number of carbonyl (C=O) groups is 1. The van der Waals surface area contributed by atoms with Crippen LogP contribution in [0.1, 0.15) is 35.3 Å². The minimum absolute atomic E-state index is 0.255. The number of carbonyl (C=O) groups excluding carboxylic acids is 1. The van der Waals surface area contributed by atoms with Gasteiger partial charge in [-0.25, -0.2) is 14.8 Å². The number of hydrogen-bond donors (Lipinski definition) is 1. The Labute approximate surface area is 172 Å². The van der Waals surface area contributed by atoms with Crippen molar-refractivity contribution in [1.82, 2.24) is 19.5 Å². The average molecular weight is 412 g/mol. The largest absolute Gasteiger partial charge is 0.464 e. The lowest BCUT2D eigenvalue weighted by Crippen LogP contribution is -2.18. The van der Waals surface area contributed by atoms with Crippen molar-refractivity contribution in [1.29, 1.82) is 0 Å². The predicted molar refractivity (Wildman–Crippen MR) is 109 cm³/mol. The number of hydrogen-bond acceptors (Lipinski definition) is 7. The van der Waals surface area contributed by atoms with E-state index in [4.69, 9.17) is 21.7 Å². The van der Waals surface area contributed by atoms with Gasteiger partial charge in [0, 0.05) is 36.3 Å². The molecule has 0 bridgehead atoms. The van der Waals surface area contributed by atoms with E-state index in [1.54, 1.807) is 54.3 Å². The Balaban J connectivity index is 1.88. The molecule has 0 unspecified atom stereocenters. The molecule has 0 fully saturated rings. The standard InChI is InChI=1S/C20H20N4O4S/c1-3-27-18(26)14-5-7-16(8-6-14)24-12-15(17(25)23-20(24)29)9-13-10-21-19(22-11-13)28-4-2/h5-8,10-12H,3-4,9H2,1-2H3,(H,23,25,29). The van der Waals surface area contributed by atoms with Crippen molar-refractivity contribution >= 4 is 18.2 Å². The zero-order chi connectivity index (χ0) is 20.8. The van der Waals surface area contributed by atoms with E-state index < -0.39 is 0 Å². The molecule has 0 saturated heterocycles. The van der Waals surface area contributed by atoms with Gasteiger partial charge in [0.15, 0.2) is 4.77 Å². The van der Waals surface area contributed by atoms with Gasteiger partial charge in [0.1, 0.15) is 0 Å². The van der Waals surface area contributed by atoms with Gasteiger partial charge >= 0.3 is 12.0 Å². The summed E-state index contributed by atoms with van der Waals surface area (Å²) in [7, 11) is 0. The highest BCUT2D eigenvalue weighted by atomic mass is 32.1. The molecular formula is C20H20N4O4S. The Morgan fingerprint density at radius 1 is 1.14 bits per heavy atom. The Bertz CT molecular complexity index is 1110. The number of aromatic nitrogens is 4. The summed E-state index contributed by atoms with van der Waals surface area (Å²) in [6, 6.07) is 7.08. The number of nitrogens with zero attached hydrogens (tertiary/aromatic N) is 3. The molecule has 0 aliphatic carbocycles. The van der Waals surface area contributed by atoms with E-state index >= 15 is 0 Å². The van der Waals surface area contributed by atoms with Crippen molar-refractivity contribution < 1.29 is 14.3 Å². The number of aromatic amines is 1. The molecule has 0 radical (unpaired) electrons. The van der Waals surface area contributed by atoms with E-state index in [1.807, 2.05) is 6.92 Å². The molecule has 0 spiro atoms. The van der Waals surface area contributed by atoms with Crippen LogP contribution >= 0.6 is 12.2 Å². The maximum atomic E-state index is 12.4. The first-order valence-electron chi connectivity index (χ1n) is 9.08. The van der Waals surface area contributed by atoms with E-state index in [1.165, 1.54) is 0 Å². The highest BCUT2D eigenvalue weighted by Crippen LogP contribution is 2.13. The molecule has 2 heterocycles. The lowest BCUT2D eigenvalue weighted by Gasteiger charge is -2.10. The van der Waals surface area contributed by atoms with Gasteiger partial charge < -0.3 is 9.47 Å². The van der Waals surface area contributed by atoms with Gasteiger partial charge in [0.05, 0.1) is 18.8 Å². The molecule has 3 rings (SSSR count). The third-order valence-corrected chi connectivity index (χ3v) is 4.32. The minimum atomic E-state index is -0.389. The molecule has 1 N–H and O–H groups in total. The number of ether oxygens (including phenoxy) is 2. The van der Waals surface area contributed by atoms with Crippen molar-refractivity contribution in [2.24, 2.45) is 0 Å². The molecule has 29 heavy (non-hydrogen) atoms. The van der Waals surface area contributed by atoms with Crippen LogP contribution in [-0.2, 0) is 11.2 Å². The molecule has 0 amide bonds. The van der Waals surface area contributed by atoms with Crippen molar-refractivity contribution in [3.8, 4) is 11.7 Å². The summed E-state index contributed by atoms with van der Waals surface area (Å²) >= 11 is 5.29. The van der Waals surface area contributed by atoms with Crippen molar-refractivity contribution in [3.05, 3.63) is 74.7 Å². The summed E-state index contributed by atoms with van der Waals surface area (Å²) in [5.74, 6) is -0.389. The second kappa shape index (κ2) is 9.24. The lowest BCUT2D eigenvalue weighted by atomic mass is 10.1. The second-order valence-corrected chi connectivity index (χ2v) is 6.42. The monoisotopic (exact) mass is 412 g/mol. The van der Waals surface area contributed by atoms with Crippen LogP contribution in [0.5, 0.6) is 6.01 Å². The summed E-state index contributed by atoms with van der Waals surface area (Å²) < 4.78 is 12.1. The van der Waals surface area contributed by atoms with Crippen LogP contribution in [0.25, 0.3) is 5.69 Å². The molecular weight excluding hydrogens is 392 g/mol. The van der Waals surface area contributed by atoms with Crippen molar-refractivity contribution in [2.45, 2.75) is 20.3 Å². The molecule has 0 aliphatic rings. The van der Waals surface area contributed by atoms with Crippen LogP contribution in [0, 0.1) is 4.77 Å². The van der Waals surface area contributed by atoms with Crippen LogP contribution < -0.4 is 10.3 Å². The molecule has 2 aromatic heterocycles. The normalized spacial score (nSPS) is 10.6. The first-order chi connectivity index (χ1) is 14.0. The fourth-order valence-corrected chi connectivity index (χ4v) is 2.91. The number of H-pyrrole nitrogens is 1. The van der Waals surface area contributed by atoms with Gasteiger partial charge in [0.25, 0.3) is 5.56 Å². The van der Waals surface area contributed by atoms with Crippen LogP contribution in [-0.4, -0.2) is 38.7 Å². The maximum Gasteiger partial charge on any atom is 0.338 e. The number of benzene rings is 1. The number of esters is 1. The summed E-state index contributed by atoms with van der Waals surface area (Å²) in [5.41, 5.74) is 2.14. The summed E-state index contributed by atoms with van der Waals surface area (Å²) in [6.07, 6.45) is 5.25. The van der Waals surface area contributed by atoms with Crippen LogP contribution in [0.2, 0.25) is 0 Å². The maximum absolute atomic E-state index is 12.4. The molecule has 1 aromatic carbocycles. The van der Waals surface area contributed by atoms with E-state index in [9.17, 15) is 9.59 Å². The van der Waals surface area contributed by atoms with Gasteiger partial charge in [-0.1, -0.05) is 0 Å². The molecule has 0 aliphatic heterocycles. The van der Waals surface area contributed by atoms with E-state index in [0.717, 1.165) is 5.56 Å². The summed E-state index contributed by atoms with van der Waals surface area (Å²) in [5, 5.41) is 0. The smallest absolute Gasteiger partial charge is 0.338 e. The van der Waals surface area contributed by atoms with Crippen LogP contribution in [0.15, 0.2) is 47.7 Å². The molecule has 0 atom stereocenters. The number of rotatable bonds is 7. The highest BCUT2D eigenvalue weighted by molar-refractivity contribution is 7.71. The Hall–Kier alpha value is -3.33. The Morgan fingerprint density at radius 2 is 1.83 bits per heavy atom. The Morgan fingerprint density at radius 3 is 2.45 bits per heavy atom. The second-order valence-electron chi connectivity index (χ2n) is 6.03. The third-order valence-electron chi connectivity index (χ3n) is 4.02. The topological polar surface area (TPSA) is 99.1 Å². The molecule has 150 valence electrons. The van der Waals surface area contributed by atoms with E-state index in [-0.39, 0.29) is 16.3 Å². The molecule has 8 nitrogen and oxygen atoms in total. The zero-order valence-corrected chi connectivity index (χ0v) is 16.9. The van der Waals surface area contributed by atoms with Crippen LogP contribution in [0.4, 0.5) is 0 Å². The molecule has 9 heteroatoms. The van der Waals surface area contributed by atoms with Gasteiger partial charge in [-0.2, -0.15) is 0 Å². The fourth-order valence-electron chi connectivity index (χ4n) is 2.66. The van der Waals surface area contributed by atoms with Crippen molar-refractivity contribution in [2.75, 3.05) is 13.2 Å². The fraction of sp³-hybridized carbons (Fsp3) is 0.250. The minimum Gasteiger partial charge on any atom is -0.464 e. The van der Waals surface area contributed by atoms with Crippen LogP contribution in [0.3, 0.4) is 0 Å². The lowest BCUT2D eigenvalue weighted by molar-refractivity contribution is 0.0526. The SMILES string of the molecule is CCOC(=O)c1ccc(-n2cc(Cc3cnc(OCC)nc3)c(=O)[nH]c2=S)cc1. The molecule has 0 saturated carbocycles. The quantitative estimate of drug-likeness (QED) is 0.470. The Kier molecular flexibility index (Phi) is 6.50.